The number of aliphatic imine (C=N–C) groups is 2. The number of rotatable bonds is 5. The molecule has 12 rings (SSSR count). The zero-order chi connectivity index (χ0) is 39.8. The number of benzene rings is 9. The molecule has 0 saturated heterocycles. The highest BCUT2D eigenvalue weighted by atomic mass is 32.1. The molecule has 0 radical (unpaired) electrons. The van der Waals surface area contributed by atoms with Gasteiger partial charge in [-0.2, -0.15) is 0 Å². The summed E-state index contributed by atoms with van der Waals surface area (Å²) in [6.07, 6.45) is 0.724. The van der Waals surface area contributed by atoms with E-state index in [-0.39, 0.29) is 0 Å². The number of pyridine rings is 1. The van der Waals surface area contributed by atoms with Crippen LogP contribution < -0.4 is 0 Å². The molecule has 1 atom stereocenters. The van der Waals surface area contributed by atoms with E-state index in [1.54, 1.807) is 0 Å². The standard InChI is InChI=1S/C56H37N3S/c1-56(40-16-6-3-7-17-40)34-50(35-14-4-2-5-15-35)58-55(59-56)37-26-24-36(25-27-37)53-54-52(47-22-12-13-23-51(47)60-54)46-31-29-39(33-49(46)57-53)38-28-30-45-43-20-9-8-18-41(43)42-19-10-11-21-44(42)48(45)32-38/h2-33H,34H2,1H3. The van der Waals surface area contributed by atoms with Gasteiger partial charge in [-0.15, -0.1) is 11.3 Å². The predicted molar refractivity (Wildman–Crippen MR) is 256 cm³/mol. The van der Waals surface area contributed by atoms with Gasteiger partial charge >= 0.3 is 0 Å². The molecule has 1 aliphatic heterocycles. The zero-order valence-electron chi connectivity index (χ0n) is 32.9. The van der Waals surface area contributed by atoms with E-state index >= 15 is 0 Å². The Morgan fingerprint density at radius 2 is 0.983 bits per heavy atom. The smallest absolute Gasteiger partial charge is 0.155 e. The molecule has 0 spiro atoms. The molecule has 0 fully saturated rings. The summed E-state index contributed by atoms with van der Waals surface area (Å²) >= 11 is 1.82. The van der Waals surface area contributed by atoms with Crippen LogP contribution in [-0.4, -0.2) is 16.5 Å². The Balaban J connectivity index is 1.00. The van der Waals surface area contributed by atoms with Crippen LogP contribution in [0.1, 0.15) is 30.0 Å². The van der Waals surface area contributed by atoms with E-state index in [4.69, 9.17) is 15.0 Å². The summed E-state index contributed by atoms with van der Waals surface area (Å²) in [5.74, 6) is 0.747. The summed E-state index contributed by atoms with van der Waals surface area (Å²) in [7, 11) is 0. The minimum absolute atomic E-state index is 0.449. The third kappa shape index (κ3) is 5.60. The number of thiophene rings is 1. The number of hydrogen-bond acceptors (Lipinski definition) is 4. The largest absolute Gasteiger partial charge is 0.254 e. The molecule has 9 aromatic carbocycles. The van der Waals surface area contributed by atoms with Gasteiger partial charge in [0, 0.05) is 38.4 Å². The van der Waals surface area contributed by atoms with Gasteiger partial charge in [-0.25, -0.2) is 9.98 Å². The molecule has 2 aromatic heterocycles. The Morgan fingerprint density at radius 3 is 1.68 bits per heavy atom. The van der Waals surface area contributed by atoms with Crippen LogP contribution in [0.5, 0.6) is 0 Å². The highest BCUT2D eigenvalue weighted by molar-refractivity contribution is 7.26. The minimum Gasteiger partial charge on any atom is -0.254 e. The number of nitrogens with zero attached hydrogens (tertiary/aromatic N) is 3. The maximum absolute atomic E-state index is 5.52. The molecular weight excluding hydrogens is 747 g/mol. The maximum Gasteiger partial charge on any atom is 0.155 e. The number of aromatic nitrogens is 1. The Morgan fingerprint density at radius 1 is 0.450 bits per heavy atom. The Hall–Kier alpha value is -7.27. The lowest BCUT2D eigenvalue weighted by atomic mass is 9.84. The summed E-state index contributed by atoms with van der Waals surface area (Å²) in [5.41, 5.74) is 9.27. The predicted octanol–water partition coefficient (Wildman–Crippen LogP) is 15.0. The Bertz CT molecular complexity index is 3530. The van der Waals surface area contributed by atoms with Crippen molar-refractivity contribution in [2.75, 3.05) is 0 Å². The second-order valence-corrected chi connectivity index (χ2v) is 17.2. The van der Waals surface area contributed by atoms with Crippen LogP contribution in [0.4, 0.5) is 0 Å². The van der Waals surface area contributed by atoms with Crippen molar-refractivity contribution in [1.29, 1.82) is 0 Å². The highest BCUT2D eigenvalue weighted by Crippen LogP contribution is 2.44. The van der Waals surface area contributed by atoms with Gasteiger partial charge in [0.05, 0.1) is 27.2 Å². The maximum atomic E-state index is 5.52. The average molecular weight is 784 g/mol. The molecule has 0 aliphatic carbocycles. The minimum atomic E-state index is -0.449. The fourth-order valence-corrected chi connectivity index (χ4v) is 10.6. The molecule has 3 heterocycles. The first-order valence-electron chi connectivity index (χ1n) is 20.6. The fraction of sp³-hybridized carbons (Fsp3) is 0.0536. The van der Waals surface area contributed by atoms with Crippen molar-refractivity contribution in [1.82, 2.24) is 4.98 Å². The monoisotopic (exact) mass is 783 g/mol. The molecule has 0 N–H and O–H groups in total. The summed E-state index contributed by atoms with van der Waals surface area (Å²) in [6, 6.07) is 69.9. The molecule has 0 saturated carbocycles. The molecule has 0 bridgehead atoms. The molecule has 60 heavy (non-hydrogen) atoms. The number of fused-ring (bicyclic) bond motifs is 11. The molecule has 11 aromatic rings. The van der Waals surface area contributed by atoms with Gasteiger partial charge in [0.15, 0.2) is 5.84 Å². The molecule has 282 valence electrons. The van der Waals surface area contributed by atoms with Gasteiger partial charge in [0.1, 0.15) is 0 Å². The lowest BCUT2D eigenvalue weighted by molar-refractivity contribution is 0.515. The zero-order valence-corrected chi connectivity index (χ0v) is 33.7. The van der Waals surface area contributed by atoms with Crippen molar-refractivity contribution in [3.05, 3.63) is 211 Å². The summed E-state index contributed by atoms with van der Waals surface area (Å²) < 4.78 is 2.46. The van der Waals surface area contributed by atoms with E-state index in [2.05, 4.69) is 201 Å². The molecular formula is C56H37N3S. The third-order valence-corrected chi connectivity index (χ3v) is 13.6. The summed E-state index contributed by atoms with van der Waals surface area (Å²) in [6.45, 7) is 2.22. The van der Waals surface area contributed by atoms with Crippen molar-refractivity contribution in [3.8, 4) is 22.4 Å². The van der Waals surface area contributed by atoms with Crippen LogP contribution in [0.2, 0.25) is 0 Å². The number of hydrogen-bond donors (Lipinski definition) is 0. The lowest BCUT2D eigenvalue weighted by Gasteiger charge is -2.31. The highest BCUT2D eigenvalue weighted by Gasteiger charge is 2.33. The van der Waals surface area contributed by atoms with E-state index in [1.165, 1.54) is 69.0 Å². The van der Waals surface area contributed by atoms with Gasteiger partial charge in [-0.05, 0) is 79.7 Å². The van der Waals surface area contributed by atoms with Crippen LogP contribution in [0.15, 0.2) is 204 Å². The van der Waals surface area contributed by atoms with E-state index < -0.39 is 5.54 Å². The Labute approximate surface area is 351 Å². The van der Waals surface area contributed by atoms with Crippen molar-refractivity contribution in [2.45, 2.75) is 18.9 Å². The quantitative estimate of drug-likeness (QED) is 0.160. The molecule has 1 unspecified atom stereocenters. The van der Waals surface area contributed by atoms with E-state index in [1.807, 2.05) is 11.3 Å². The lowest BCUT2D eigenvalue weighted by Crippen LogP contribution is -2.30. The molecule has 0 amide bonds. The first kappa shape index (κ1) is 34.7. The van der Waals surface area contributed by atoms with Crippen LogP contribution in [0, 0.1) is 0 Å². The summed E-state index contributed by atoms with van der Waals surface area (Å²) in [4.78, 5) is 16.1. The second kappa shape index (κ2) is 13.7. The van der Waals surface area contributed by atoms with Crippen LogP contribution in [-0.2, 0) is 5.54 Å². The fourth-order valence-electron chi connectivity index (χ4n) is 9.41. The van der Waals surface area contributed by atoms with Gasteiger partial charge < -0.3 is 0 Å². The van der Waals surface area contributed by atoms with Gasteiger partial charge in [0.2, 0.25) is 0 Å². The molecule has 3 nitrogen and oxygen atoms in total. The van der Waals surface area contributed by atoms with Crippen LogP contribution in [0.3, 0.4) is 0 Å². The average Bonchev–Trinajstić information content (AvgIpc) is 3.72. The van der Waals surface area contributed by atoms with Gasteiger partial charge in [-0.3, -0.25) is 4.99 Å². The number of amidine groups is 1. The van der Waals surface area contributed by atoms with Gasteiger partial charge in [-0.1, -0.05) is 176 Å². The van der Waals surface area contributed by atoms with Crippen molar-refractivity contribution >= 4 is 86.3 Å². The Kier molecular flexibility index (Phi) is 7.91. The first-order valence-corrected chi connectivity index (χ1v) is 21.4. The molecule has 4 heteroatoms. The van der Waals surface area contributed by atoms with Crippen molar-refractivity contribution in [2.24, 2.45) is 9.98 Å². The molecule has 1 aliphatic rings. The SMILES string of the molecule is CC1(c2ccccc2)CC(c2ccccc2)=NC(c2ccc(-c3nc4cc(-c5ccc6c7ccccc7c7ccccc7c6c5)ccc4c4c3sc3ccccc34)cc2)=N1. The van der Waals surface area contributed by atoms with Crippen molar-refractivity contribution in [3.63, 3.8) is 0 Å². The van der Waals surface area contributed by atoms with Crippen molar-refractivity contribution < 1.29 is 0 Å². The van der Waals surface area contributed by atoms with Gasteiger partial charge in [0.25, 0.3) is 0 Å². The third-order valence-electron chi connectivity index (χ3n) is 12.4. The first-order chi connectivity index (χ1) is 29.6. The van der Waals surface area contributed by atoms with Crippen LogP contribution >= 0.6 is 11.3 Å². The van der Waals surface area contributed by atoms with E-state index in [0.29, 0.717) is 0 Å². The van der Waals surface area contributed by atoms with E-state index in [9.17, 15) is 0 Å². The normalized spacial score (nSPS) is 15.6. The van der Waals surface area contributed by atoms with Crippen LogP contribution in [0.25, 0.3) is 85.8 Å². The summed E-state index contributed by atoms with van der Waals surface area (Å²) in [5, 5.41) is 11.4. The second-order valence-electron chi connectivity index (χ2n) is 16.1. The topological polar surface area (TPSA) is 37.6 Å². The van der Waals surface area contributed by atoms with E-state index in [0.717, 1.165) is 51.4 Å².